The third-order valence-electron chi connectivity index (χ3n) is 3.75. The van der Waals surface area contributed by atoms with E-state index < -0.39 is 11.8 Å². The Kier molecular flexibility index (Phi) is 5.34. The predicted octanol–water partition coefficient (Wildman–Crippen LogP) is 3.10. The van der Waals surface area contributed by atoms with Crippen LogP contribution < -0.4 is 15.6 Å². The van der Waals surface area contributed by atoms with E-state index in [1.807, 2.05) is 42.5 Å². The number of nitrogens with one attached hydrogen (secondary N) is 2. The smallest absolute Gasteiger partial charge is 0.276 e. The molecule has 0 saturated carbocycles. The molecule has 1 aromatic heterocycles. The molecule has 1 heterocycles. The Balaban J connectivity index is 1.47. The zero-order valence-corrected chi connectivity index (χ0v) is 14.2. The largest absolute Gasteiger partial charge is 0.484 e. The van der Waals surface area contributed by atoms with Crippen molar-refractivity contribution in [3.05, 3.63) is 78.3 Å². The number of carbonyl (C=O) groups excluding carboxylic acids is 2. The van der Waals surface area contributed by atoms with Crippen molar-refractivity contribution in [1.29, 1.82) is 0 Å². The van der Waals surface area contributed by atoms with Crippen LogP contribution in [0.2, 0.25) is 0 Å². The standard InChI is InChI=1S/C20H18N2O4/c1-14-18(11-12-25-14)20(24)22-21-19(23)13-26-17-9-7-16(8-10-17)15-5-3-2-4-6-15/h2-12H,13H2,1H3,(H,21,23)(H,22,24). The van der Waals surface area contributed by atoms with Gasteiger partial charge in [0.1, 0.15) is 11.5 Å². The second-order valence-electron chi connectivity index (χ2n) is 5.57. The highest BCUT2D eigenvalue weighted by molar-refractivity contribution is 5.96. The average Bonchev–Trinajstić information content (AvgIpc) is 3.11. The number of aryl methyl sites for hydroxylation is 1. The van der Waals surface area contributed by atoms with Crippen molar-refractivity contribution in [3.8, 4) is 16.9 Å². The maximum Gasteiger partial charge on any atom is 0.276 e. The number of amides is 2. The molecule has 0 atom stereocenters. The third-order valence-corrected chi connectivity index (χ3v) is 3.75. The quantitative estimate of drug-likeness (QED) is 0.693. The van der Waals surface area contributed by atoms with E-state index in [1.165, 1.54) is 12.3 Å². The van der Waals surface area contributed by atoms with Crippen molar-refractivity contribution >= 4 is 11.8 Å². The highest BCUT2D eigenvalue weighted by Gasteiger charge is 2.12. The summed E-state index contributed by atoms with van der Waals surface area (Å²) in [4.78, 5) is 23.6. The van der Waals surface area contributed by atoms with E-state index in [0.29, 0.717) is 17.1 Å². The number of benzene rings is 2. The third kappa shape index (κ3) is 4.30. The van der Waals surface area contributed by atoms with Crippen molar-refractivity contribution in [2.75, 3.05) is 6.61 Å². The molecule has 3 rings (SSSR count). The van der Waals surface area contributed by atoms with Crippen LogP contribution in [0.5, 0.6) is 5.75 Å². The van der Waals surface area contributed by atoms with Crippen LogP contribution >= 0.6 is 0 Å². The van der Waals surface area contributed by atoms with E-state index in [1.54, 1.807) is 19.1 Å². The molecule has 2 N–H and O–H groups in total. The summed E-state index contributed by atoms with van der Waals surface area (Å²) in [5, 5.41) is 0. The lowest BCUT2D eigenvalue weighted by Crippen LogP contribution is -2.43. The Morgan fingerprint density at radius 1 is 0.923 bits per heavy atom. The van der Waals surface area contributed by atoms with Crippen LogP contribution in [0.1, 0.15) is 16.1 Å². The fourth-order valence-electron chi connectivity index (χ4n) is 2.37. The molecule has 0 fully saturated rings. The van der Waals surface area contributed by atoms with Gasteiger partial charge in [-0.3, -0.25) is 20.4 Å². The molecule has 0 spiro atoms. The van der Waals surface area contributed by atoms with Crippen molar-refractivity contribution in [2.24, 2.45) is 0 Å². The first kappa shape index (κ1) is 17.3. The monoisotopic (exact) mass is 350 g/mol. The Hall–Kier alpha value is -3.54. The molecule has 3 aromatic rings. The van der Waals surface area contributed by atoms with Gasteiger partial charge in [-0.1, -0.05) is 42.5 Å². The van der Waals surface area contributed by atoms with Crippen LogP contribution in [-0.2, 0) is 4.79 Å². The van der Waals surface area contributed by atoms with Gasteiger partial charge in [-0.15, -0.1) is 0 Å². The molecule has 0 bridgehead atoms. The van der Waals surface area contributed by atoms with Gasteiger partial charge in [-0.05, 0) is 36.2 Å². The van der Waals surface area contributed by atoms with Crippen LogP contribution in [0.4, 0.5) is 0 Å². The number of furan rings is 1. The van der Waals surface area contributed by atoms with Gasteiger partial charge in [0.25, 0.3) is 11.8 Å². The van der Waals surface area contributed by atoms with Crippen LogP contribution in [0, 0.1) is 6.92 Å². The average molecular weight is 350 g/mol. The fourth-order valence-corrected chi connectivity index (χ4v) is 2.37. The van der Waals surface area contributed by atoms with E-state index in [0.717, 1.165) is 11.1 Å². The van der Waals surface area contributed by atoms with Gasteiger partial charge in [-0.2, -0.15) is 0 Å². The van der Waals surface area contributed by atoms with Crippen molar-refractivity contribution in [3.63, 3.8) is 0 Å². The van der Waals surface area contributed by atoms with Crippen LogP contribution in [0.25, 0.3) is 11.1 Å². The molecule has 0 radical (unpaired) electrons. The minimum Gasteiger partial charge on any atom is -0.484 e. The summed E-state index contributed by atoms with van der Waals surface area (Å²) < 4.78 is 10.5. The van der Waals surface area contributed by atoms with Crippen molar-refractivity contribution in [2.45, 2.75) is 6.92 Å². The molecule has 0 unspecified atom stereocenters. The SMILES string of the molecule is Cc1occc1C(=O)NNC(=O)COc1ccc(-c2ccccc2)cc1. The molecular weight excluding hydrogens is 332 g/mol. The molecule has 26 heavy (non-hydrogen) atoms. The van der Waals surface area contributed by atoms with E-state index in [4.69, 9.17) is 9.15 Å². The van der Waals surface area contributed by atoms with Crippen LogP contribution in [0.15, 0.2) is 71.3 Å². The first-order valence-corrected chi connectivity index (χ1v) is 8.05. The van der Waals surface area contributed by atoms with Gasteiger partial charge in [0.05, 0.1) is 11.8 Å². The summed E-state index contributed by atoms with van der Waals surface area (Å²) in [6.45, 7) is 1.45. The van der Waals surface area contributed by atoms with Crippen LogP contribution in [-0.4, -0.2) is 18.4 Å². The molecule has 6 heteroatoms. The molecule has 2 aromatic carbocycles. The first-order chi connectivity index (χ1) is 12.6. The molecule has 0 aliphatic heterocycles. The highest BCUT2D eigenvalue weighted by atomic mass is 16.5. The lowest BCUT2D eigenvalue weighted by atomic mass is 10.1. The van der Waals surface area contributed by atoms with Gasteiger partial charge in [0.15, 0.2) is 6.61 Å². The lowest BCUT2D eigenvalue weighted by molar-refractivity contribution is -0.123. The van der Waals surface area contributed by atoms with Gasteiger partial charge >= 0.3 is 0 Å². The topological polar surface area (TPSA) is 80.6 Å². The lowest BCUT2D eigenvalue weighted by Gasteiger charge is -2.09. The van der Waals surface area contributed by atoms with Crippen LogP contribution in [0.3, 0.4) is 0 Å². The number of hydrogen-bond donors (Lipinski definition) is 2. The molecule has 132 valence electrons. The molecule has 0 aliphatic carbocycles. The zero-order chi connectivity index (χ0) is 18.4. The zero-order valence-electron chi connectivity index (χ0n) is 14.2. The number of hydrazine groups is 1. The number of ether oxygens (including phenoxy) is 1. The van der Waals surface area contributed by atoms with Crippen molar-refractivity contribution in [1.82, 2.24) is 10.9 Å². The van der Waals surface area contributed by atoms with E-state index in [2.05, 4.69) is 10.9 Å². The summed E-state index contributed by atoms with van der Waals surface area (Å²) in [6, 6.07) is 18.9. The van der Waals surface area contributed by atoms with E-state index in [-0.39, 0.29) is 6.61 Å². The fraction of sp³-hybridized carbons (Fsp3) is 0.100. The summed E-state index contributed by atoms with van der Waals surface area (Å²) in [7, 11) is 0. The van der Waals surface area contributed by atoms with E-state index >= 15 is 0 Å². The normalized spacial score (nSPS) is 10.2. The maximum atomic E-state index is 11.9. The molecule has 2 amide bonds. The highest BCUT2D eigenvalue weighted by Crippen LogP contribution is 2.21. The molecule has 6 nitrogen and oxygen atoms in total. The number of hydrogen-bond acceptors (Lipinski definition) is 4. The minimum atomic E-state index is -0.466. The van der Waals surface area contributed by atoms with Gasteiger partial charge in [0.2, 0.25) is 0 Å². The van der Waals surface area contributed by atoms with Gasteiger partial charge in [-0.25, -0.2) is 0 Å². The summed E-state index contributed by atoms with van der Waals surface area (Å²) in [6.07, 6.45) is 1.41. The minimum absolute atomic E-state index is 0.213. The molecular formula is C20H18N2O4. The number of carbonyl (C=O) groups is 2. The van der Waals surface area contributed by atoms with E-state index in [9.17, 15) is 9.59 Å². The summed E-state index contributed by atoms with van der Waals surface area (Å²) in [5.41, 5.74) is 7.14. The molecule has 0 aliphatic rings. The second kappa shape index (κ2) is 8.02. The Morgan fingerprint density at radius 3 is 2.27 bits per heavy atom. The van der Waals surface area contributed by atoms with Gasteiger partial charge < -0.3 is 9.15 Å². The summed E-state index contributed by atoms with van der Waals surface area (Å²) in [5.74, 6) is 0.131. The Bertz CT molecular complexity index is 886. The van der Waals surface area contributed by atoms with Gasteiger partial charge in [0, 0.05) is 0 Å². The summed E-state index contributed by atoms with van der Waals surface area (Å²) >= 11 is 0. The van der Waals surface area contributed by atoms with Crippen molar-refractivity contribution < 1.29 is 18.7 Å². The Labute approximate surface area is 150 Å². The predicted molar refractivity (Wildman–Crippen MR) is 96.4 cm³/mol. The Morgan fingerprint density at radius 2 is 1.62 bits per heavy atom. The molecule has 0 saturated heterocycles. The number of rotatable bonds is 5. The maximum absolute atomic E-state index is 11.9. The second-order valence-corrected chi connectivity index (χ2v) is 5.57. The first-order valence-electron chi connectivity index (χ1n) is 8.05.